The molecular formula is C23H34N2. The SMILES string of the molecule is Cc1cc(Cc2cc(C)c(NC(C)C)c(C)c2)cc(C)c1NC(C)C. The molecule has 0 radical (unpaired) electrons. The summed E-state index contributed by atoms with van der Waals surface area (Å²) < 4.78 is 0. The average molecular weight is 339 g/mol. The van der Waals surface area contributed by atoms with Gasteiger partial charge in [0.25, 0.3) is 0 Å². The van der Waals surface area contributed by atoms with Gasteiger partial charge in [0.15, 0.2) is 0 Å². The lowest BCUT2D eigenvalue weighted by molar-refractivity contribution is 0.893. The van der Waals surface area contributed by atoms with Crippen LogP contribution in [0.1, 0.15) is 61.1 Å². The van der Waals surface area contributed by atoms with E-state index in [1.807, 2.05) is 0 Å². The molecule has 0 aromatic heterocycles. The van der Waals surface area contributed by atoms with Gasteiger partial charge in [0.1, 0.15) is 0 Å². The van der Waals surface area contributed by atoms with Crippen molar-refractivity contribution in [3.8, 4) is 0 Å². The van der Waals surface area contributed by atoms with Crippen LogP contribution in [0.2, 0.25) is 0 Å². The predicted octanol–water partition coefficient (Wildman–Crippen LogP) is 6.15. The topological polar surface area (TPSA) is 24.1 Å². The van der Waals surface area contributed by atoms with E-state index in [1.54, 1.807) is 0 Å². The molecule has 2 N–H and O–H groups in total. The van der Waals surface area contributed by atoms with E-state index in [4.69, 9.17) is 0 Å². The Bertz CT molecular complexity index is 632. The summed E-state index contributed by atoms with van der Waals surface area (Å²) >= 11 is 0. The van der Waals surface area contributed by atoms with E-state index in [9.17, 15) is 0 Å². The highest BCUT2D eigenvalue weighted by Crippen LogP contribution is 2.27. The molecule has 0 bridgehead atoms. The third-order valence-corrected chi connectivity index (χ3v) is 4.46. The fourth-order valence-corrected chi connectivity index (χ4v) is 3.58. The second-order valence-corrected chi connectivity index (χ2v) is 7.98. The van der Waals surface area contributed by atoms with E-state index < -0.39 is 0 Å². The summed E-state index contributed by atoms with van der Waals surface area (Å²) in [6.45, 7) is 17.5. The van der Waals surface area contributed by atoms with E-state index >= 15 is 0 Å². The molecule has 2 rings (SSSR count). The van der Waals surface area contributed by atoms with Gasteiger partial charge in [0.05, 0.1) is 0 Å². The molecule has 0 aliphatic heterocycles. The van der Waals surface area contributed by atoms with Crippen LogP contribution in [0.5, 0.6) is 0 Å². The van der Waals surface area contributed by atoms with Crippen molar-refractivity contribution in [2.24, 2.45) is 0 Å². The van der Waals surface area contributed by atoms with Crippen molar-refractivity contribution >= 4 is 11.4 Å². The van der Waals surface area contributed by atoms with Crippen LogP contribution < -0.4 is 10.6 Å². The third-order valence-electron chi connectivity index (χ3n) is 4.46. The van der Waals surface area contributed by atoms with Gasteiger partial charge in [0, 0.05) is 23.5 Å². The van der Waals surface area contributed by atoms with Crippen molar-refractivity contribution in [2.75, 3.05) is 10.6 Å². The molecule has 0 fully saturated rings. The molecule has 2 aromatic carbocycles. The minimum atomic E-state index is 0.453. The van der Waals surface area contributed by atoms with Crippen LogP contribution >= 0.6 is 0 Å². The molecule has 136 valence electrons. The summed E-state index contributed by atoms with van der Waals surface area (Å²) in [4.78, 5) is 0. The largest absolute Gasteiger partial charge is 0.382 e. The van der Waals surface area contributed by atoms with Crippen LogP contribution in [-0.4, -0.2) is 12.1 Å². The average Bonchev–Trinajstić information content (AvgIpc) is 2.46. The summed E-state index contributed by atoms with van der Waals surface area (Å²) in [5.74, 6) is 0. The Hall–Kier alpha value is -1.96. The van der Waals surface area contributed by atoms with Crippen LogP contribution in [0.4, 0.5) is 11.4 Å². The smallest absolute Gasteiger partial charge is 0.0401 e. The van der Waals surface area contributed by atoms with Gasteiger partial charge in [-0.15, -0.1) is 0 Å². The first-order valence-electron chi connectivity index (χ1n) is 9.40. The molecule has 2 nitrogen and oxygen atoms in total. The fourth-order valence-electron chi connectivity index (χ4n) is 3.58. The summed E-state index contributed by atoms with van der Waals surface area (Å²) in [5.41, 5.74) is 10.6. The predicted molar refractivity (Wildman–Crippen MR) is 112 cm³/mol. The van der Waals surface area contributed by atoms with Crippen LogP contribution in [0, 0.1) is 27.7 Å². The zero-order valence-electron chi connectivity index (χ0n) is 17.2. The Morgan fingerprint density at radius 3 is 1.12 bits per heavy atom. The molecule has 0 atom stereocenters. The molecule has 25 heavy (non-hydrogen) atoms. The number of rotatable bonds is 6. The fraction of sp³-hybridized carbons (Fsp3) is 0.478. The Morgan fingerprint density at radius 1 is 0.600 bits per heavy atom. The number of aryl methyl sites for hydroxylation is 4. The molecular weight excluding hydrogens is 304 g/mol. The van der Waals surface area contributed by atoms with E-state index in [-0.39, 0.29) is 0 Å². The van der Waals surface area contributed by atoms with Crippen molar-refractivity contribution in [3.05, 3.63) is 57.6 Å². The zero-order valence-corrected chi connectivity index (χ0v) is 17.2. The maximum absolute atomic E-state index is 3.57. The van der Waals surface area contributed by atoms with Crippen LogP contribution in [0.25, 0.3) is 0 Å². The summed E-state index contributed by atoms with van der Waals surface area (Å²) in [6, 6.07) is 10.2. The minimum absolute atomic E-state index is 0.453. The summed E-state index contributed by atoms with van der Waals surface area (Å²) in [5, 5.41) is 7.14. The van der Waals surface area contributed by atoms with E-state index in [2.05, 4.69) is 90.3 Å². The Balaban J connectivity index is 2.28. The maximum Gasteiger partial charge on any atom is 0.0401 e. The highest BCUT2D eigenvalue weighted by Gasteiger charge is 2.10. The molecule has 0 unspecified atom stereocenters. The molecule has 0 aliphatic carbocycles. The molecule has 2 heteroatoms. The number of anilines is 2. The highest BCUT2D eigenvalue weighted by atomic mass is 14.9. The Morgan fingerprint density at radius 2 is 0.880 bits per heavy atom. The van der Waals surface area contributed by atoms with Gasteiger partial charge in [-0.05, 0) is 95.2 Å². The molecule has 0 saturated carbocycles. The van der Waals surface area contributed by atoms with Gasteiger partial charge in [-0.2, -0.15) is 0 Å². The number of hydrogen-bond donors (Lipinski definition) is 2. The van der Waals surface area contributed by atoms with Crippen LogP contribution in [0.3, 0.4) is 0 Å². The van der Waals surface area contributed by atoms with Crippen molar-refractivity contribution in [1.29, 1.82) is 0 Å². The Kier molecular flexibility index (Phi) is 6.16. The van der Waals surface area contributed by atoms with Crippen molar-refractivity contribution in [1.82, 2.24) is 0 Å². The second-order valence-electron chi connectivity index (χ2n) is 7.98. The number of hydrogen-bond acceptors (Lipinski definition) is 2. The molecule has 0 aliphatic rings. The highest BCUT2D eigenvalue weighted by molar-refractivity contribution is 5.61. The first-order valence-corrected chi connectivity index (χ1v) is 9.40. The third kappa shape index (κ3) is 5.01. The van der Waals surface area contributed by atoms with Crippen LogP contribution in [0.15, 0.2) is 24.3 Å². The first-order chi connectivity index (χ1) is 11.7. The van der Waals surface area contributed by atoms with Crippen LogP contribution in [-0.2, 0) is 6.42 Å². The summed E-state index contributed by atoms with van der Waals surface area (Å²) in [6.07, 6.45) is 0.979. The maximum atomic E-state index is 3.57. The molecule has 0 heterocycles. The number of benzene rings is 2. The first kappa shape index (κ1) is 19.4. The molecule has 0 amide bonds. The zero-order chi connectivity index (χ0) is 18.7. The van der Waals surface area contributed by atoms with E-state index in [1.165, 1.54) is 44.8 Å². The standard InChI is InChI=1S/C23H34N2/c1-14(2)24-22-16(5)9-20(10-17(22)6)13-21-11-18(7)23(19(8)12-21)25-15(3)4/h9-12,14-15,24-25H,13H2,1-8H3. The second kappa shape index (κ2) is 7.95. The van der Waals surface area contributed by atoms with Gasteiger partial charge >= 0.3 is 0 Å². The normalized spacial score (nSPS) is 11.3. The van der Waals surface area contributed by atoms with Crippen molar-refractivity contribution < 1.29 is 0 Å². The van der Waals surface area contributed by atoms with Crippen molar-refractivity contribution in [3.63, 3.8) is 0 Å². The Labute approximate surface area is 154 Å². The van der Waals surface area contributed by atoms with Gasteiger partial charge in [-0.25, -0.2) is 0 Å². The molecule has 0 spiro atoms. The quantitative estimate of drug-likeness (QED) is 0.660. The van der Waals surface area contributed by atoms with E-state index in [0.29, 0.717) is 12.1 Å². The minimum Gasteiger partial charge on any atom is -0.382 e. The van der Waals surface area contributed by atoms with E-state index in [0.717, 1.165) is 6.42 Å². The summed E-state index contributed by atoms with van der Waals surface area (Å²) in [7, 11) is 0. The number of nitrogens with one attached hydrogen (secondary N) is 2. The lowest BCUT2D eigenvalue weighted by Crippen LogP contribution is -2.13. The van der Waals surface area contributed by atoms with Gasteiger partial charge in [-0.3, -0.25) is 0 Å². The lowest BCUT2D eigenvalue weighted by Gasteiger charge is -2.19. The molecule has 0 saturated heterocycles. The van der Waals surface area contributed by atoms with Gasteiger partial charge in [0.2, 0.25) is 0 Å². The molecule has 2 aromatic rings. The lowest BCUT2D eigenvalue weighted by atomic mass is 9.96. The van der Waals surface area contributed by atoms with Gasteiger partial charge in [-0.1, -0.05) is 24.3 Å². The van der Waals surface area contributed by atoms with Gasteiger partial charge < -0.3 is 10.6 Å². The van der Waals surface area contributed by atoms with Crippen molar-refractivity contribution in [2.45, 2.75) is 73.9 Å². The monoisotopic (exact) mass is 338 g/mol.